The topological polar surface area (TPSA) is 50.3 Å². The van der Waals surface area contributed by atoms with Crippen LogP contribution in [0.5, 0.6) is 5.88 Å². The van der Waals surface area contributed by atoms with E-state index < -0.39 is 0 Å². The van der Waals surface area contributed by atoms with E-state index in [-0.39, 0.29) is 0 Å². The lowest BCUT2D eigenvalue weighted by atomic mass is 9.85. The summed E-state index contributed by atoms with van der Waals surface area (Å²) in [6.07, 6.45) is 3.83. The first-order valence-electron chi connectivity index (χ1n) is 7.14. The number of aryl methyl sites for hydroxylation is 1. The highest BCUT2D eigenvalue weighted by molar-refractivity contribution is 5.42. The highest BCUT2D eigenvalue weighted by Gasteiger charge is 2.31. The second-order valence-corrected chi connectivity index (χ2v) is 5.51. The Balaban J connectivity index is 1.77. The molecular weight excluding hydrogens is 240 g/mol. The second-order valence-electron chi connectivity index (χ2n) is 5.51. The molecule has 3 rings (SSSR count). The molecule has 2 unspecified atom stereocenters. The Hall–Kier alpha value is -1.36. The minimum absolute atomic E-state index is 0.659. The Morgan fingerprint density at radius 1 is 1.37 bits per heavy atom. The van der Waals surface area contributed by atoms with Crippen molar-refractivity contribution in [1.29, 1.82) is 0 Å². The Bertz CT molecular complexity index is 451. The molecule has 0 saturated carbocycles. The minimum Gasteiger partial charge on any atom is -0.481 e. The summed E-state index contributed by atoms with van der Waals surface area (Å²) in [6, 6.07) is 2.65. The molecule has 2 aliphatic heterocycles. The summed E-state index contributed by atoms with van der Waals surface area (Å²) in [5.41, 5.74) is 0. The van der Waals surface area contributed by atoms with Crippen LogP contribution >= 0.6 is 0 Å². The summed E-state index contributed by atoms with van der Waals surface area (Å²) >= 11 is 0. The van der Waals surface area contributed by atoms with Gasteiger partial charge in [-0.15, -0.1) is 0 Å². The molecule has 1 N–H and O–H groups in total. The number of hydrogen-bond donors (Lipinski definition) is 1. The number of anilines is 1. The average molecular weight is 262 g/mol. The van der Waals surface area contributed by atoms with E-state index in [4.69, 9.17) is 4.74 Å². The third-order valence-corrected chi connectivity index (χ3v) is 4.23. The predicted molar refractivity (Wildman–Crippen MR) is 74.7 cm³/mol. The number of fused-ring (bicyclic) bond motifs is 1. The van der Waals surface area contributed by atoms with Crippen molar-refractivity contribution < 1.29 is 4.74 Å². The highest BCUT2D eigenvalue weighted by atomic mass is 16.5. The molecule has 2 atom stereocenters. The van der Waals surface area contributed by atoms with E-state index in [0.717, 1.165) is 30.6 Å². The van der Waals surface area contributed by atoms with Crippen molar-refractivity contribution >= 4 is 5.82 Å². The van der Waals surface area contributed by atoms with E-state index in [9.17, 15) is 0 Å². The van der Waals surface area contributed by atoms with E-state index in [1.54, 1.807) is 7.11 Å². The van der Waals surface area contributed by atoms with Crippen molar-refractivity contribution in [3.8, 4) is 5.88 Å². The molecule has 5 nitrogen and oxygen atoms in total. The lowest BCUT2D eigenvalue weighted by Crippen LogP contribution is -2.52. The lowest BCUT2D eigenvalue weighted by molar-refractivity contribution is 0.243. The largest absolute Gasteiger partial charge is 0.481 e. The number of rotatable bonds is 2. The zero-order chi connectivity index (χ0) is 13.2. The van der Waals surface area contributed by atoms with Gasteiger partial charge in [-0.1, -0.05) is 0 Å². The van der Waals surface area contributed by atoms with E-state index in [2.05, 4.69) is 20.2 Å². The fraction of sp³-hybridized carbons (Fsp3) is 0.714. The summed E-state index contributed by atoms with van der Waals surface area (Å²) in [5, 5.41) is 3.64. The van der Waals surface area contributed by atoms with Crippen molar-refractivity contribution in [1.82, 2.24) is 15.3 Å². The number of aromatic nitrogens is 2. The maximum atomic E-state index is 5.24. The number of nitrogens with one attached hydrogen (secondary N) is 1. The molecule has 3 heterocycles. The van der Waals surface area contributed by atoms with Gasteiger partial charge in [-0.3, -0.25) is 0 Å². The van der Waals surface area contributed by atoms with Gasteiger partial charge in [0.05, 0.1) is 7.11 Å². The van der Waals surface area contributed by atoms with Crippen LogP contribution in [0, 0.1) is 12.8 Å². The second kappa shape index (κ2) is 5.33. The standard InChI is InChI=1S/C14H22N4O/c1-10-16-13(8-14(17-10)19-2)18-7-5-12-11(9-18)4-3-6-15-12/h8,11-12,15H,3-7,9H2,1-2H3. The first kappa shape index (κ1) is 12.7. The lowest BCUT2D eigenvalue weighted by Gasteiger charge is -2.42. The molecule has 1 aromatic heterocycles. The van der Waals surface area contributed by atoms with Crippen LogP contribution in [-0.2, 0) is 0 Å². The van der Waals surface area contributed by atoms with Gasteiger partial charge in [-0.05, 0) is 38.6 Å². The maximum Gasteiger partial charge on any atom is 0.218 e. The summed E-state index contributed by atoms with van der Waals surface area (Å²) in [4.78, 5) is 11.2. The van der Waals surface area contributed by atoms with Crippen molar-refractivity contribution in [2.75, 3.05) is 31.6 Å². The van der Waals surface area contributed by atoms with Crippen LogP contribution in [-0.4, -0.2) is 42.8 Å². The fourth-order valence-corrected chi connectivity index (χ4v) is 3.25. The molecule has 1 aromatic rings. The third kappa shape index (κ3) is 2.66. The van der Waals surface area contributed by atoms with Crippen molar-refractivity contribution in [2.24, 2.45) is 5.92 Å². The quantitative estimate of drug-likeness (QED) is 0.872. The van der Waals surface area contributed by atoms with E-state index >= 15 is 0 Å². The molecular formula is C14H22N4O. The Morgan fingerprint density at radius 2 is 2.26 bits per heavy atom. The van der Waals surface area contributed by atoms with Gasteiger partial charge in [0.25, 0.3) is 0 Å². The number of nitrogens with zero attached hydrogens (tertiary/aromatic N) is 3. The van der Waals surface area contributed by atoms with Gasteiger partial charge in [-0.2, -0.15) is 4.98 Å². The van der Waals surface area contributed by atoms with Gasteiger partial charge in [-0.25, -0.2) is 4.98 Å². The smallest absolute Gasteiger partial charge is 0.218 e. The number of methoxy groups -OCH3 is 1. The Labute approximate surface area is 114 Å². The van der Waals surface area contributed by atoms with Gasteiger partial charge < -0.3 is 15.0 Å². The molecule has 0 amide bonds. The van der Waals surface area contributed by atoms with Crippen LogP contribution in [0.2, 0.25) is 0 Å². The van der Waals surface area contributed by atoms with E-state index in [1.165, 1.54) is 25.8 Å². The van der Waals surface area contributed by atoms with Crippen molar-refractivity contribution in [3.05, 3.63) is 11.9 Å². The van der Waals surface area contributed by atoms with Gasteiger partial charge >= 0.3 is 0 Å². The van der Waals surface area contributed by atoms with Gasteiger partial charge in [0.1, 0.15) is 11.6 Å². The first-order chi connectivity index (χ1) is 9.26. The molecule has 2 aliphatic rings. The highest BCUT2D eigenvalue weighted by Crippen LogP contribution is 2.28. The Morgan fingerprint density at radius 3 is 3.11 bits per heavy atom. The van der Waals surface area contributed by atoms with Crippen LogP contribution in [0.25, 0.3) is 0 Å². The fourth-order valence-electron chi connectivity index (χ4n) is 3.25. The molecule has 19 heavy (non-hydrogen) atoms. The zero-order valence-electron chi connectivity index (χ0n) is 11.7. The molecule has 0 aromatic carbocycles. The normalized spacial score (nSPS) is 26.9. The molecule has 104 valence electrons. The molecule has 0 bridgehead atoms. The zero-order valence-corrected chi connectivity index (χ0v) is 11.7. The van der Waals surface area contributed by atoms with Gasteiger partial charge in [0.15, 0.2) is 0 Å². The van der Waals surface area contributed by atoms with Gasteiger partial charge in [0, 0.05) is 25.2 Å². The molecule has 0 spiro atoms. The van der Waals surface area contributed by atoms with Gasteiger partial charge in [0.2, 0.25) is 5.88 Å². The summed E-state index contributed by atoms with van der Waals surface area (Å²) in [7, 11) is 1.66. The summed E-state index contributed by atoms with van der Waals surface area (Å²) in [5.74, 6) is 3.20. The van der Waals surface area contributed by atoms with Crippen LogP contribution in [0.1, 0.15) is 25.1 Å². The maximum absolute atomic E-state index is 5.24. The monoisotopic (exact) mass is 262 g/mol. The molecule has 2 saturated heterocycles. The van der Waals surface area contributed by atoms with E-state index in [1.807, 2.05) is 13.0 Å². The van der Waals surface area contributed by atoms with Crippen molar-refractivity contribution in [2.45, 2.75) is 32.2 Å². The van der Waals surface area contributed by atoms with Crippen LogP contribution in [0.3, 0.4) is 0 Å². The molecule has 0 radical (unpaired) electrons. The third-order valence-electron chi connectivity index (χ3n) is 4.23. The predicted octanol–water partition coefficient (Wildman–Crippen LogP) is 1.37. The summed E-state index contributed by atoms with van der Waals surface area (Å²) < 4.78 is 5.24. The van der Waals surface area contributed by atoms with E-state index in [0.29, 0.717) is 11.9 Å². The SMILES string of the molecule is COc1cc(N2CCC3NCCCC3C2)nc(C)n1. The van der Waals surface area contributed by atoms with Crippen molar-refractivity contribution in [3.63, 3.8) is 0 Å². The number of ether oxygens (including phenoxy) is 1. The number of piperidine rings is 2. The van der Waals surface area contributed by atoms with Crippen LogP contribution in [0.15, 0.2) is 6.07 Å². The number of hydrogen-bond acceptors (Lipinski definition) is 5. The first-order valence-corrected chi connectivity index (χ1v) is 7.14. The molecule has 2 fully saturated rings. The van der Waals surface area contributed by atoms with Crippen LogP contribution < -0.4 is 15.0 Å². The Kier molecular flexibility index (Phi) is 3.55. The molecule has 0 aliphatic carbocycles. The average Bonchev–Trinajstić information content (AvgIpc) is 2.46. The van der Waals surface area contributed by atoms with Crippen LogP contribution in [0.4, 0.5) is 5.82 Å². The minimum atomic E-state index is 0.659. The molecule has 5 heteroatoms. The summed E-state index contributed by atoms with van der Waals surface area (Å²) in [6.45, 7) is 5.26.